The predicted octanol–water partition coefficient (Wildman–Crippen LogP) is 4.06. The Morgan fingerprint density at radius 3 is 2.71 bits per heavy atom. The standard InChI is InChI=1S/C17H17N3S/c1-13-7-8-17(16(18)9-13)21-12-14-10-19-20(11-14)15-5-3-2-4-6-15/h2-11H,12,18H2,1H3. The highest BCUT2D eigenvalue weighted by molar-refractivity contribution is 7.98. The molecule has 0 atom stereocenters. The lowest BCUT2D eigenvalue weighted by Gasteiger charge is -2.05. The molecule has 0 spiro atoms. The molecule has 106 valence electrons. The van der Waals surface area contributed by atoms with Crippen LogP contribution in [0.15, 0.2) is 65.8 Å². The highest BCUT2D eigenvalue weighted by Gasteiger charge is 2.04. The first-order valence-electron chi connectivity index (χ1n) is 6.80. The highest BCUT2D eigenvalue weighted by atomic mass is 32.2. The van der Waals surface area contributed by atoms with E-state index in [0.717, 1.165) is 22.0 Å². The molecular weight excluding hydrogens is 278 g/mol. The second-order valence-electron chi connectivity index (χ2n) is 4.96. The van der Waals surface area contributed by atoms with Crippen molar-refractivity contribution >= 4 is 17.4 Å². The summed E-state index contributed by atoms with van der Waals surface area (Å²) in [6.45, 7) is 2.05. The van der Waals surface area contributed by atoms with Crippen LogP contribution < -0.4 is 5.73 Å². The van der Waals surface area contributed by atoms with Gasteiger partial charge in [0.2, 0.25) is 0 Å². The van der Waals surface area contributed by atoms with Crippen LogP contribution in [-0.2, 0) is 5.75 Å². The molecule has 0 aliphatic heterocycles. The van der Waals surface area contributed by atoms with Gasteiger partial charge >= 0.3 is 0 Å². The van der Waals surface area contributed by atoms with E-state index in [1.165, 1.54) is 11.1 Å². The number of nitrogens with zero attached hydrogens (tertiary/aromatic N) is 2. The zero-order valence-corrected chi connectivity index (χ0v) is 12.7. The van der Waals surface area contributed by atoms with Gasteiger partial charge in [0.05, 0.1) is 11.9 Å². The van der Waals surface area contributed by atoms with Gasteiger partial charge in [-0.15, -0.1) is 11.8 Å². The third-order valence-corrected chi connectivity index (χ3v) is 4.38. The molecule has 3 nitrogen and oxygen atoms in total. The number of nitrogen functional groups attached to an aromatic ring is 1. The summed E-state index contributed by atoms with van der Waals surface area (Å²) >= 11 is 1.74. The van der Waals surface area contributed by atoms with Crippen molar-refractivity contribution < 1.29 is 0 Å². The van der Waals surface area contributed by atoms with Crippen molar-refractivity contribution in [2.24, 2.45) is 0 Å². The Morgan fingerprint density at radius 1 is 1.14 bits per heavy atom. The Labute approximate surface area is 128 Å². The molecule has 1 heterocycles. The average Bonchev–Trinajstić information content (AvgIpc) is 2.96. The number of rotatable bonds is 4. The van der Waals surface area contributed by atoms with E-state index in [2.05, 4.69) is 30.4 Å². The Hall–Kier alpha value is -2.20. The maximum absolute atomic E-state index is 6.04. The number of aromatic nitrogens is 2. The normalized spacial score (nSPS) is 10.7. The van der Waals surface area contributed by atoms with Crippen LogP contribution in [0.25, 0.3) is 5.69 Å². The van der Waals surface area contributed by atoms with Crippen LogP contribution in [0.2, 0.25) is 0 Å². The second kappa shape index (κ2) is 6.06. The number of nitrogens with two attached hydrogens (primary N) is 1. The van der Waals surface area contributed by atoms with Gasteiger partial charge in [-0.1, -0.05) is 24.3 Å². The molecule has 21 heavy (non-hydrogen) atoms. The minimum Gasteiger partial charge on any atom is -0.398 e. The fraction of sp³-hybridized carbons (Fsp3) is 0.118. The molecular formula is C17H17N3S. The molecule has 3 aromatic rings. The molecule has 0 aliphatic carbocycles. The van der Waals surface area contributed by atoms with Crippen LogP contribution in [-0.4, -0.2) is 9.78 Å². The molecule has 0 aliphatic rings. The van der Waals surface area contributed by atoms with Crippen molar-refractivity contribution in [1.82, 2.24) is 9.78 Å². The monoisotopic (exact) mass is 295 g/mol. The zero-order chi connectivity index (χ0) is 14.7. The van der Waals surface area contributed by atoms with Crippen LogP contribution in [0.5, 0.6) is 0 Å². The lowest BCUT2D eigenvalue weighted by atomic mass is 10.2. The molecule has 0 fully saturated rings. The van der Waals surface area contributed by atoms with Crippen molar-refractivity contribution in [2.75, 3.05) is 5.73 Å². The number of hydrogen-bond donors (Lipinski definition) is 1. The van der Waals surface area contributed by atoms with E-state index >= 15 is 0 Å². The lowest BCUT2D eigenvalue weighted by Crippen LogP contribution is -1.92. The third-order valence-electron chi connectivity index (χ3n) is 3.22. The summed E-state index contributed by atoms with van der Waals surface area (Å²) in [7, 11) is 0. The van der Waals surface area contributed by atoms with Crippen molar-refractivity contribution in [3.63, 3.8) is 0 Å². The Bertz CT molecular complexity index is 735. The van der Waals surface area contributed by atoms with Gasteiger partial charge in [0, 0.05) is 28.1 Å². The lowest BCUT2D eigenvalue weighted by molar-refractivity contribution is 0.880. The molecule has 0 amide bonds. The summed E-state index contributed by atoms with van der Waals surface area (Å²) in [6, 6.07) is 16.3. The van der Waals surface area contributed by atoms with E-state index in [1.807, 2.05) is 47.3 Å². The largest absolute Gasteiger partial charge is 0.398 e. The van der Waals surface area contributed by atoms with Gasteiger partial charge in [-0.25, -0.2) is 4.68 Å². The third kappa shape index (κ3) is 3.28. The number of hydrogen-bond acceptors (Lipinski definition) is 3. The summed E-state index contributed by atoms with van der Waals surface area (Å²) in [4.78, 5) is 1.12. The molecule has 0 bridgehead atoms. The van der Waals surface area contributed by atoms with Gasteiger partial charge in [-0.2, -0.15) is 5.10 Å². The van der Waals surface area contributed by atoms with Crippen LogP contribution in [0.1, 0.15) is 11.1 Å². The molecule has 0 saturated carbocycles. The maximum atomic E-state index is 6.04. The van der Waals surface area contributed by atoms with E-state index in [0.29, 0.717) is 0 Å². The summed E-state index contributed by atoms with van der Waals surface area (Å²) in [5.41, 5.74) is 10.3. The molecule has 0 saturated heterocycles. The predicted molar refractivity (Wildman–Crippen MR) is 88.7 cm³/mol. The number of anilines is 1. The van der Waals surface area contributed by atoms with Crippen molar-refractivity contribution in [1.29, 1.82) is 0 Å². The first-order valence-corrected chi connectivity index (χ1v) is 7.79. The molecule has 4 heteroatoms. The zero-order valence-electron chi connectivity index (χ0n) is 11.9. The van der Waals surface area contributed by atoms with E-state index in [4.69, 9.17) is 5.73 Å². The number of thioether (sulfide) groups is 1. The van der Waals surface area contributed by atoms with Gasteiger partial charge in [-0.3, -0.25) is 0 Å². The fourth-order valence-corrected chi connectivity index (χ4v) is 2.98. The minimum atomic E-state index is 0.843. The van der Waals surface area contributed by atoms with Crippen molar-refractivity contribution in [3.05, 3.63) is 72.1 Å². The van der Waals surface area contributed by atoms with Crippen LogP contribution in [0, 0.1) is 6.92 Å². The topological polar surface area (TPSA) is 43.8 Å². The smallest absolute Gasteiger partial charge is 0.0645 e. The van der Waals surface area contributed by atoms with Crippen LogP contribution >= 0.6 is 11.8 Å². The van der Waals surface area contributed by atoms with E-state index in [1.54, 1.807) is 11.8 Å². The highest BCUT2D eigenvalue weighted by Crippen LogP contribution is 2.28. The second-order valence-corrected chi connectivity index (χ2v) is 5.98. The Balaban J connectivity index is 1.70. The first kappa shape index (κ1) is 13.8. The first-order chi connectivity index (χ1) is 10.2. The molecule has 3 rings (SSSR count). The van der Waals surface area contributed by atoms with E-state index in [9.17, 15) is 0 Å². The van der Waals surface area contributed by atoms with Gasteiger partial charge < -0.3 is 5.73 Å². The van der Waals surface area contributed by atoms with E-state index < -0.39 is 0 Å². The number of benzene rings is 2. The summed E-state index contributed by atoms with van der Waals surface area (Å²) in [5.74, 6) is 0.861. The molecule has 0 radical (unpaired) electrons. The van der Waals surface area contributed by atoms with Crippen LogP contribution in [0.4, 0.5) is 5.69 Å². The molecule has 1 aromatic heterocycles. The average molecular weight is 295 g/mol. The van der Waals surface area contributed by atoms with Crippen molar-refractivity contribution in [2.45, 2.75) is 17.6 Å². The summed E-state index contributed by atoms with van der Waals surface area (Å²) < 4.78 is 1.90. The van der Waals surface area contributed by atoms with Crippen molar-refractivity contribution in [3.8, 4) is 5.69 Å². The SMILES string of the molecule is Cc1ccc(SCc2cnn(-c3ccccc3)c2)c(N)c1. The Morgan fingerprint density at radius 2 is 1.95 bits per heavy atom. The molecule has 0 unspecified atom stereocenters. The van der Waals surface area contributed by atoms with Gasteiger partial charge in [0.15, 0.2) is 0 Å². The quantitative estimate of drug-likeness (QED) is 0.583. The number of para-hydroxylation sites is 1. The number of aryl methyl sites for hydroxylation is 1. The fourth-order valence-electron chi connectivity index (χ4n) is 2.12. The maximum Gasteiger partial charge on any atom is 0.0645 e. The Kier molecular flexibility index (Phi) is 3.97. The molecule has 2 aromatic carbocycles. The van der Waals surface area contributed by atoms with E-state index in [-0.39, 0.29) is 0 Å². The van der Waals surface area contributed by atoms with Gasteiger partial charge in [0.1, 0.15) is 0 Å². The van der Waals surface area contributed by atoms with Gasteiger partial charge in [-0.05, 0) is 36.8 Å². The van der Waals surface area contributed by atoms with Gasteiger partial charge in [0.25, 0.3) is 0 Å². The minimum absolute atomic E-state index is 0.843. The molecule has 2 N–H and O–H groups in total. The summed E-state index contributed by atoms with van der Waals surface area (Å²) in [5, 5.41) is 4.41. The van der Waals surface area contributed by atoms with Crippen LogP contribution in [0.3, 0.4) is 0 Å². The summed E-state index contributed by atoms with van der Waals surface area (Å²) in [6.07, 6.45) is 3.97.